The molecule has 0 aromatic heterocycles. The van der Waals surface area contributed by atoms with Crippen LogP contribution in [0.2, 0.25) is 0 Å². The molecule has 0 aliphatic carbocycles. The predicted molar refractivity (Wildman–Crippen MR) is 113 cm³/mol. The van der Waals surface area contributed by atoms with E-state index in [1.807, 2.05) is 12.1 Å². The molecule has 2 atom stereocenters. The molecule has 8 heteroatoms. The van der Waals surface area contributed by atoms with Crippen LogP contribution in [0, 0.1) is 5.92 Å². The van der Waals surface area contributed by atoms with Gasteiger partial charge in [-0.05, 0) is 55.5 Å². The van der Waals surface area contributed by atoms with Gasteiger partial charge in [-0.1, -0.05) is 12.1 Å². The van der Waals surface area contributed by atoms with Crippen LogP contribution >= 0.6 is 0 Å². The second-order valence-corrected chi connectivity index (χ2v) is 9.07. The number of imide groups is 1. The molecule has 1 aromatic carbocycles. The number of benzene rings is 1. The lowest BCUT2D eigenvalue weighted by atomic mass is 9.90. The molecular weight excluding hydrogens is 396 g/mol. The number of ether oxygens (including phenoxy) is 1. The SMILES string of the molecule is O=C1CCC(N2Cc3c(CN4CCC(C5CNCCO5)CC4)cccc3C2=O)C(=O)N1. The van der Waals surface area contributed by atoms with Crippen molar-refractivity contribution in [2.24, 2.45) is 5.92 Å². The lowest BCUT2D eigenvalue weighted by molar-refractivity contribution is -0.136. The summed E-state index contributed by atoms with van der Waals surface area (Å²) >= 11 is 0. The molecule has 8 nitrogen and oxygen atoms in total. The minimum atomic E-state index is -0.565. The fourth-order valence-electron chi connectivity index (χ4n) is 5.41. The maximum absolute atomic E-state index is 13.0. The Labute approximate surface area is 182 Å². The zero-order chi connectivity index (χ0) is 21.4. The average molecular weight is 427 g/mol. The molecular formula is C23H30N4O4. The molecule has 166 valence electrons. The molecule has 4 aliphatic heterocycles. The first kappa shape index (κ1) is 20.6. The van der Waals surface area contributed by atoms with Gasteiger partial charge in [-0.15, -0.1) is 0 Å². The molecule has 3 amide bonds. The summed E-state index contributed by atoms with van der Waals surface area (Å²) in [6.07, 6.45) is 3.26. The van der Waals surface area contributed by atoms with Crippen molar-refractivity contribution in [1.82, 2.24) is 20.4 Å². The summed E-state index contributed by atoms with van der Waals surface area (Å²) in [6, 6.07) is 5.33. The smallest absolute Gasteiger partial charge is 0.255 e. The number of rotatable bonds is 4. The van der Waals surface area contributed by atoms with E-state index in [-0.39, 0.29) is 24.1 Å². The van der Waals surface area contributed by atoms with E-state index in [1.54, 1.807) is 4.90 Å². The Kier molecular flexibility index (Phi) is 5.77. The van der Waals surface area contributed by atoms with Gasteiger partial charge in [0.2, 0.25) is 11.8 Å². The van der Waals surface area contributed by atoms with Gasteiger partial charge in [0, 0.05) is 38.2 Å². The minimum Gasteiger partial charge on any atom is -0.375 e. The number of piperidine rings is 2. The van der Waals surface area contributed by atoms with E-state index in [0.29, 0.717) is 30.6 Å². The molecule has 3 saturated heterocycles. The maximum atomic E-state index is 13.0. The Morgan fingerprint density at radius 2 is 1.94 bits per heavy atom. The summed E-state index contributed by atoms with van der Waals surface area (Å²) in [4.78, 5) is 40.9. The van der Waals surface area contributed by atoms with Gasteiger partial charge in [0.25, 0.3) is 5.91 Å². The Balaban J connectivity index is 1.24. The maximum Gasteiger partial charge on any atom is 0.255 e. The largest absolute Gasteiger partial charge is 0.375 e. The summed E-state index contributed by atoms with van der Waals surface area (Å²) in [6.45, 7) is 6.01. The summed E-state index contributed by atoms with van der Waals surface area (Å²) in [5.41, 5.74) is 2.88. The fourth-order valence-corrected chi connectivity index (χ4v) is 5.41. The molecule has 4 aliphatic rings. The molecule has 5 rings (SSSR count). The van der Waals surface area contributed by atoms with Crippen molar-refractivity contribution in [1.29, 1.82) is 0 Å². The van der Waals surface area contributed by atoms with Gasteiger partial charge in [0.15, 0.2) is 0 Å². The van der Waals surface area contributed by atoms with Crippen LogP contribution in [0.15, 0.2) is 18.2 Å². The summed E-state index contributed by atoms with van der Waals surface area (Å²) in [7, 11) is 0. The first-order valence-electron chi connectivity index (χ1n) is 11.4. The second kappa shape index (κ2) is 8.68. The fraction of sp³-hybridized carbons (Fsp3) is 0.609. The van der Waals surface area contributed by atoms with Gasteiger partial charge in [-0.3, -0.25) is 24.6 Å². The lowest BCUT2D eigenvalue weighted by Gasteiger charge is -2.37. The van der Waals surface area contributed by atoms with Gasteiger partial charge in [-0.2, -0.15) is 0 Å². The Bertz CT molecular complexity index is 874. The monoisotopic (exact) mass is 426 g/mol. The molecule has 2 N–H and O–H groups in total. The number of morpholine rings is 1. The van der Waals surface area contributed by atoms with E-state index < -0.39 is 6.04 Å². The highest BCUT2D eigenvalue weighted by Gasteiger charge is 2.40. The number of amides is 3. The van der Waals surface area contributed by atoms with Gasteiger partial charge in [-0.25, -0.2) is 0 Å². The molecule has 0 bridgehead atoms. The Hall–Kier alpha value is -2.29. The van der Waals surface area contributed by atoms with E-state index in [1.165, 1.54) is 0 Å². The summed E-state index contributed by atoms with van der Waals surface area (Å²) < 4.78 is 5.95. The zero-order valence-electron chi connectivity index (χ0n) is 17.8. The molecule has 0 saturated carbocycles. The zero-order valence-corrected chi connectivity index (χ0v) is 17.8. The van der Waals surface area contributed by atoms with E-state index in [4.69, 9.17) is 4.74 Å². The third-order valence-corrected chi connectivity index (χ3v) is 7.19. The number of nitrogens with zero attached hydrogens (tertiary/aromatic N) is 2. The van der Waals surface area contributed by atoms with Crippen LogP contribution in [0.4, 0.5) is 0 Å². The van der Waals surface area contributed by atoms with Gasteiger partial charge in [0.1, 0.15) is 6.04 Å². The Morgan fingerprint density at radius 3 is 2.68 bits per heavy atom. The number of carbonyl (C=O) groups excluding carboxylic acids is 3. The number of fused-ring (bicyclic) bond motifs is 1. The molecule has 31 heavy (non-hydrogen) atoms. The van der Waals surface area contributed by atoms with Gasteiger partial charge < -0.3 is 15.0 Å². The normalized spacial score (nSPS) is 28.0. The second-order valence-electron chi connectivity index (χ2n) is 9.07. The molecule has 0 radical (unpaired) electrons. The third-order valence-electron chi connectivity index (χ3n) is 7.19. The number of likely N-dealkylation sites (tertiary alicyclic amines) is 1. The number of nitrogens with one attached hydrogen (secondary N) is 2. The van der Waals surface area contributed by atoms with E-state index in [9.17, 15) is 14.4 Å². The van der Waals surface area contributed by atoms with Crippen molar-refractivity contribution < 1.29 is 19.1 Å². The number of hydrogen-bond acceptors (Lipinski definition) is 6. The van der Waals surface area contributed by atoms with Crippen molar-refractivity contribution in [2.45, 2.75) is 50.9 Å². The standard InChI is InChI=1S/C23H30N4O4/c28-21-5-4-19(22(29)25-21)27-14-18-16(2-1-3-17(18)23(27)30)13-26-9-6-15(7-10-26)20-12-24-8-11-31-20/h1-3,15,19-20,24H,4-14H2,(H,25,28,29). The number of hydrogen-bond donors (Lipinski definition) is 2. The molecule has 3 fully saturated rings. The number of carbonyl (C=O) groups is 3. The topological polar surface area (TPSA) is 91.0 Å². The van der Waals surface area contributed by atoms with Gasteiger partial charge in [0.05, 0.1) is 12.7 Å². The highest BCUT2D eigenvalue weighted by Crippen LogP contribution is 2.31. The lowest BCUT2D eigenvalue weighted by Crippen LogP contribution is -2.52. The Morgan fingerprint density at radius 1 is 1.10 bits per heavy atom. The van der Waals surface area contributed by atoms with Crippen LogP contribution in [-0.2, 0) is 27.4 Å². The first-order chi connectivity index (χ1) is 15.1. The van der Waals surface area contributed by atoms with E-state index >= 15 is 0 Å². The van der Waals surface area contributed by atoms with Crippen molar-refractivity contribution in [3.05, 3.63) is 34.9 Å². The molecule has 0 spiro atoms. The van der Waals surface area contributed by atoms with Crippen molar-refractivity contribution in [2.75, 3.05) is 32.8 Å². The van der Waals surface area contributed by atoms with Gasteiger partial charge >= 0.3 is 0 Å². The third kappa shape index (κ3) is 4.12. The van der Waals surface area contributed by atoms with Crippen LogP contribution < -0.4 is 10.6 Å². The summed E-state index contributed by atoms with van der Waals surface area (Å²) in [5, 5.41) is 5.80. The van der Waals surface area contributed by atoms with Crippen LogP contribution in [0.3, 0.4) is 0 Å². The van der Waals surface area contributed by atoms with E-state index in [2.05, 4.69) is 21.6 Å². The average Bonchev–Trinajstić information content (AvgIpc) is 3.12. The van der Waals surface area contributed by atoms with Crippen LogP contribution in [0.25, 0.3) is 0 Å². The highest BCUT2D eigenvalue weighted by molar-refractivity contribution is 6.05. The predicted octanol–water partition coefficient (Wildman–Crippen LogP) is 0.648. The first-order valence-corrected chi connectivity index (χ1v) is 11.4. The highest BCUT2D eigenvalue weighted by atomic mass is 16.5. The van der Waals surface area contributed by atoms with Crippen molar-refractivity contribution in [3.8, 4) is 0 Å². The molecule has 4 heterocycles. The quantitative estimate of drug-likeness (QED) is 0.687. The summed E-state index contributed by atoms with van der Waals surface area (Å²) in [5.74, 6) is -0.119. The van der Waals surface area contributed by atoms with E-state index in [0.717, 1.165) is 63.3 Å². The van der Waals surface area contributed by atoms with Crippen LogP contribution in [0.1, 0.15) is 47.2 Å². The minimum absolute atomic E-state index is 0.105. The van der Waals surface area contributed by atoms with Crippen LogP contribution in [0.5, 0.6) is 0 Å². The molecule has 1 aromatic rings. The van der Waals surface area contributed by atoms with Crippen molar-refractivity contribution >= 4 is 17.7 Å². The van der Waals surface area contributed by atoms with Crippen LogP contribution in [-0.4, -0.2) is 72.5 Å². The van der Waals surface area contributed by atoms with Crippen molar-refractivity contribution in [3.63, 3.8) is 0 Å². The molecule has 2 unspecified atom stereocenters.